The van der Waals surface area contributed by atoms with Crippen LogP contribution < -0.4 is 0 Å². The highest BCUT2D eigenvalue weighted by molar-refractivity contribution is 14.1. The van der Waals surface area contributed by atoms with Crippen LogP contribution in [0.15, 0.2) is 24.3 Å². The third-order valence-corrected chi connectivity index (χ3v) is 7.74. The van der Waals surface area contributed by atoms with E-state index in [9.17, 15) is 4.79 Å². The minimum Gasteiger partial charge on any atom is -0.466 e. The summed E-state index contributed by atoms with van der Waals surface area (Å²) in [6.07, 6.45) is 25.3. The fourth-order valence-electron chi connectivity index (χ4n) is 4.57. The molecule has 3 nitrogen and oxygen atoms in total. The zero-order valence-electron chi connectivity index (χ0n) is 24.6. The predicted octanol–water partition coefficient (Wildman–Crippen LogP) is 10.8. The number of rotatable bonds is 23. The molecule has 1 aromatic carbocycles. The molecule has 1 rings (SSSR count). The molecule has 0 saturated carbocycles. The predicted molar refractivity (Wildman–Crippen MR) is 169 cm³/mol. The average Bonchev–Trinajstić information content (AvgIpc) is 2.89. The second kappa shape index (κ2) is 28.4. The van der Waals surface area contributed by atoms with E-state index in [0.717, 1.165) is 19.3 Å². The number of aliphatic hydroxyl groups is 1. The number of ether oxygens (including phenoxy) is 1. The maximum Gasteiger partial charge on any atom is 0.305 e. The average molecular weight is 631 g/mol. The Balaban J connectivity index is 0.000000757. The molecule has 0 amide bonds. The lowest BCUT2D eigenvalue weighted by molar-refractivity contribution is -0.143. The number of unbranched alkanes of at least 4 members (excludes halogenated alkanes) is 16. The van der Waals surface area contributed by atoms with Crippen LogP contribution in [0.4, 0.5) is 0 Å². The van der Waals surface area contributed by atoms with E-state index >= 15 is 0 Å². The van der Waals surface area contributed by atoms with Crippen LogP contribution in [0.1, 0.15) is 161 Å². The minimum atomic E-state index is -0.0474. The van der Waals surface area contributed by atoms with E-state index in [1.807, 2.05) is 6.92 Å². The van der Waals surface area contributed by atoms with Gasteiger partial charge in [0.15, 0.2) is 0 Å². The topological polar surface area (TPSA) is 46.5 Å². The van der Waals surface area contributed by atoms with Crippen molar-refractivity contribution in [2.24, 2.45) is 0 Å². The van der Waals surface area contributed by atoms with Crippen LogP contribution in [-0.2, 0) is 9.53 Å². The first-order valence-corrected chi connectivity index (χ1v) is 16.6. The van der Waals surface area contributed by atoms with Gasteiger partial charge in [-0.05, 0) is 72.4 Å². The molecule has 0 saturated heterocycles. The highest BCUT2D eigenvalue weighted by Crippen LogP contribution is 2.23. The largest absolute Gasteiger partial charge is 0.466 e. The molecule has 0 aliphatic heterocycles. The van der Waals surface area contributed by atoms with Crippen molar-refractivity contribution in [3.8, 4) is 0 Å². The second-order valence-corrected chi connectivity index (χ2v) is 11.8. The summed E-state index contributed by atoms with van der Waals surface area (Å²) >= 11 is 2.35. The van der Waals surface area contributed by atoms with Crippen molar-refractivity contribution in [3.63, 3.8) is 0 Å². The number of esters is 1. The highest BCUT2D eigenvalue weighted by atomic mass is 127. The Hall–Kier alpha value is -0.620. The Morgan fingerprint density at radius 1 is 0.730 bits per heavy atom. The van der Waals surface area contributed by atoms with Crippen molar-refractivity contribution in [3.05, 3.63) is 33.4 Å². The molecular formula is C33H59IO3. The van der Waals surface area contributed by atoms with Crippen molar-refractivity contribution < 1.29 is 14.6 Å². The summed E-state index contributed by atoms with van der Waals surface area (Å²) in [5.41, 5.74) is 1.45. The Bertz CT molecular complexity index is 590. The Morgan fingerprint density at radius 2 is 1.19 bits per heavy atom. The second-order valence-electron chi connectivity index (χ2n) is 10.5. The molecule has 0 fully saturated rings. The standard InChI is InChI=1S/C19H29IO2.C14H30O/c1-3-22-19(21)11-9-7-5-4-6-8-10-16(2)17-12-14-18(20)15-13-17;1-2-3-4-5-6-7-8-9-10-11-12-13-14-15/h12-16H,3-11H2,1-2H3;15H,2-14H2,1H3. The third-order valence-electron chi connectivity index (χ3n) is 7.02. The van der Waals surface area contributed by atoms with Gasteiger partial charge in [0.1, 0.15) is 0 Å². The van der Waals surface area contributed by atoms with Gasteiger partial charge >= 0.3 is 5.97 Å². The van der Waals surface area contributed by atoms with Gasteiger partial charge in [-0.1, -0.05) is 129 Å². The van der Waals surface area contributed by atoms with Gasteiger partial charge in [0.25, 0.3) is 0 Å². The number of hydrogen-bond donors (Lipinski definition) is 1. The number of aliphatic hydroxyl groups excluding tert-OH is 1. The SMILES string of the molecule is CCCCCCCCCCCCCCO.CCOC(=O)CCCCCCCCC(C)c1ccc(I)cc1. The summed E-state index contributed by atoms with van der Waals surface area (Å²) in [6, 6.07) is 8.88. The van der Waals surface area contributed by atoms with E-state index in [2.05, 4.69) is 60.7 Å². The van der Waals surface area contributed by atoms with Gasteiger partial charge in [-0.25, -0.2) is 0 Å². The molecule has 0 spiro atoms. The van der Waals surface area contributed by atoms with Gasteiger partial charge in [-0.15, -0.1) is 0 Å². The van der Waals surface area contributed by atoms with E-state index in [1.54, 1.807) is 0 Å². The quantitative estimate of drug-likeness (QED) is 0.0743. The maximum absolute atomic E-state index is 11.2. The van der Waals surface area contributed by atoms with Crippen molar-refractivity contribution in [1.29, 1.82) is 0 Å². The van der Waals surface area contributed by atoms with Crippen LogP contribution in [0.25, 0.3) is 0 Å². The van der Waals surface area contributed by atoms with Gasteiger partial charge in [-0.2, -0.15) is 0 Å². The molecule has 1 aromatic rings. The van der Waals surface area contributed by atoms with Crippen LogP contribution in [-0.4, -0.2) is 24.3 Å². The lowest BCUT2D eigenvalue weighted by Crippen LogP contribution is -2.03. The molecule has 37 heavy (non-hydrogen) atoms. The highest BCUT2D eigenvalue weighted by Gasteiger charge is 2.05. The van der Waals surface area contributed by atoms with Crippen LogP contribution in [0.2, 0.25) is 0 Å². The van der Waals surface area contributed by atoms with Gasteiger partial charge in [0, 0.05) is 16.6 Å². The van der Waals surface area contributed by atoms with Crippen molar-refractivity contribution >= 4 is 28.6 Å². The lowest BCUT2D eigenvalue weighted by atomic mass is 9.95. The molecule has 0 aliphatic carbocycles. The van der Waals surface area contributed by atoms with Gasteiger partial charge in [-0.3, -0.25) is 4.79 Å². The molecule has 0 bridgehead atoms. The number of carbonyl (C=O) groups excluding carboxylic acids is 1. The molecule has 0 aliphatic rings. The zero-order chi connectivity index (χ0) is 27.4. The molecular weight excluding hydrogens is 571 g/mol. The summed E-state index contributed by atoms with van der Waals surface area (Å²) < 4.78 is 6.23. The van der Waals surface area contributed by atoms with Crippen molar-refractivity contribution in [1.82, 2.24) is 0 Å². The summed E-state index contributed by atoms with van der Waals surface area (Å²) in [7, 11) is 0. The third kappa shape index (κ3) is 25.4. The first kappa shape index (κ1) is 36.4. The number of carbonyl (C=O) groups is 1. The first-order valence-electron chi connectivity index (χ1n) is 15.6. The van der Waals surface area contributed by atoms with E-state index < -0.39 is 0 Å². The fourth-order valence-corrected chi connectivity index (χ4v) is 4.93. The molecule has 0 heterocycles. The molecule has 1 N–H and O–H groups in total. The zero-order valence-corrected chi connectivity index (χ0v) is 26.7. The Morgan fingerprint density at radius 3 is 1.68 bits per heavy atom. The summed E-state index contributed by atoms with van der Waals surface area (Å²) in [6.45, 7) is 7.32. The fraction of sp³-hybridized carbons (Fsp3) is 0.788. The van der Waals surface area contributed by atoms with Crippen LogP contribution in [0.5, 0.6) is 0 Å². The Kier molecular flexibility index (Phi) is 27.9. The number of benzene rings is 1. The molecule has 4 heteroatoms. The molecule has 0 radical (unpaired) electrons. The number of halogens is 1. The van der Waals surface area contributed by atoms with E-state index in [4.69, 9.17) is 9.84 Å². The van der Waals surface area contributed by atoms with Crippen LogP contribution in [0.3, 0.4) is 0 Å². The van der Waals surface area contributed by atoms with E-state index in [0.29, 0.717) is 25.6 Å². The van der Waals surface area contributed by atoms with Crippen molar-refractivity contribution in [2.45, 2.75) is 155 Å². The first-order chi connectivity index (χ1) is 18.0. The maximum atomic E-state index is 11.2. The smallest absolute Gasteiger partial charge is 0.305 e. The lowest BCUT2D eigenvalue weighted by Gasteiger charge is -2.11. The summed E-state index contributed by atoms with van der Waals surface area (Å²) in [5.74, 6) is 0.606. The van der Waals surface area contributed by atoms with Crippen LogP contribution >= 0.6 is 22.6 Å². The molecule has 1 unspecified atom stereocenters. The van der Waals surface area contributed by atoms with Gasteiger partial charge in [0.05, 0.1) is 6.61 Å². The van der Waals surface area contributed by atoms with E-state index in [1.165, 1.54) is 112 Å². The number of hydrogen-bond acceptors (Lipinski definition) is 3. The summed E-state index contributed by atoms with van der Waals surface area (Å²) in [4.78, 5) is 11.2. The summed E-state index contributed by atoms with van der Waals surface area (Å²) in [5, 5.41) is 8.61. The molecule has 216 valence electrons. The molecule has 1 atom stereocenters. The molecule has 0 aromatic heterocycles. The normalized spacial score (nSPS) is 11.6. The monoisotopic (exact) mass is 630 g/mol. The van der Waals surface area contributed by atoms with E-state index in [-0.39, 0.29) is 5.97 Å². The Labute approximate surface area is 244 Å². The van der Waals surface area contributed by atoms with Gasteiger partial charge < -0.3 is 9.84 Å². The van der Waals surface area contributed by atoms with Crippen LogP contribution in [0, 0.1) is 3.57 Å². The minimum absolute atomic E-state index is 0.0474. The van der Waals surface area contributed by atoms with Crippen molar-refractivity contribution in [2.75, 3.05) is 13.2 Å². The van der Waals surface area contributed by atoms with Gasteiger partial charge in [0.2, 0.25) is 0 Å².